The third-order valence-corrected chi connectivity index (χ3v) is 7.25. The Morgan fingerprint density at radius 3 is 2.48 bits per heavy atom. The van der Waals surface area contributed by atoms with Crippen LogP contribution >= 0.6 is 0 Å². The Morgan fingerprint density at radius 1 is 1.24 bits per heavy atom. The Hall–Kier alpha value is -2.00. The molecular formula is C20H31N5O3S. The Labute approximate surface area is 173 Å². The summed E-state index contributed by atoms with van der Waals surface area (Å²) in [4.78, 5) is 19.2. The SMILES string of the molecule is CCN(C1CCN(C(=O)CCc2c(C)nc3cc(C)nn3c2C)CC1)S(C)(=O)=O. The molecule has 1 amide bonds. The van der Waals surface area contributed by atoms with E-state index >= 15 is 0 Å². The highest BCUT2D eigenvalue weighted by Crippen LogP contribution is 2.21. The van der Waals surface area contributed by atoms with Gasteiger partial charge in [-0.1, -0.05) is 6.92 Å². The van der Waals surface area contributed by atoms with Gasteiger partial charge in [0, 0.05) is 49.6 Å². The summed E-state index contributed by atoms with van der Waals surface area (Å²) in [6, 6.07) is 1.94. The highest BCUT2D eigenvalue weighted by atomic mass is 32.2. The van der Waals surface area contributed by atoms with Crippen LogP contribution in [0.15, 0.2) is 6.07 Å². The molecule has 0 aromatic carbocycles. The van der Waals surface area contributed by atoms with Crippen LogP contribution in [0.5, 0.6) is 0 Å². The van der Waals surface area contributed by atoms with Crippen molar-refractivity contribution in [1.82, 2.24) is 23.8 Å². The normalized spacial score (nSPS) is 16.1. The van der Waals surface area contributed by atoms with Crippen molar-refractivity contribution < 1.29 is 13.2 Å². The molecule has 0 N–H and O–H groups in total. The maximum Gasteiger partial charge on any atom is 0.222 e. The van der Waals surface area contributed by atoms with Gasteiger partial charge < -0.3 is 4.90 Å². The Balaban J connectivity index is 1.62. The molecule has 2 aromatic heterocycles. The van der Waals surface area contributed by atoms with Crippen LogP contribution < -0.4 is 0 Å². The van der Waals surface area contributed by atoms with Crippen LogP contribution in [-0.2, 0) is 21.2 Å². The summed E-state index contributed by atoms with van der Waals surface area (Å²) in [6.07, 6.45) is 3.67. The number of amides is 1. The molecule has 0 atom stereocenters. The third-order valence-electron chi connectivity index (χ3n) is 5.84. The fourth-order valence-corrected chi connectivity index (χ4v) is 5.58. The maximum atomic E-state index is 12.8. The number of aromatic nitrogens is 3. The summed E-state index contributed by atoms with van der Waals surface area (Å²) >= 11 is 0. The van der Waals surface area contributed by atoms with Gasteiger partial charge in [-0.05, 0) is 45.6 Å². The van der Waals surface area contributed by atoms with Crippen LogP contribution in [0.4, 0.5) is 0 Å². The number of piperidine rings is 1. The van der Waals surface area contributed by atoms with Crippen LogP contribution in [0.3, 0.4) is 0 Å². The molecule has 29 heavy (non-hydrogen) atoms. The molecule has 1 fully saturated rings. The predicted octanol–water partition coefficient (Wildman–Crippen LogP) is 1.86. The second kappa shape index (κ2) is 8.39. The highest BCUT2D eigenvalue weighted by Gasteiger charge is 2.30. The zero-order valence-electron chi connectivity index (χ0n) is 18.0. The van der Waals surface area contributed by atoms with E-state index in [0.29, 0.717) is 45.3 Å². The molecular weight excluding hydrogens is 390 g/mol. The molecule has 1 aliphatic rings. The number of fused-ring (bicyclic) bond motifs is 1. The average molecular weight is 422 g/mol. The van der Waals surface area contributed by atoms with Crippen molar-refractivity contribution in [3.8, 4) is 0 Å². The largest absolute Gasteiger partial charge is 0.343 e. The van der Waals surface area contributed by atoms with Crippen molar-refractivity contribution in [2.75, 3.05) is 25.9 Å². The summed E-state index contributed by atoms with van der Waals surface area (Å²) in [5, 5.41) is 4.49. The first kappa shape index (κ1) is 21.7. The first-order valence-electron chi connectivity index (χ1n) is 10.2. The Bertz CT molecular complexity index is 1010. The van der Waals surface area contributed by atoms with E-state index in [-0.39, 0.29) is 11.9 Å². The van der Waals surface area contributed by atoms with Crippen LogP contribution in [0.25, 0.3) is 5.65 Å². The van der Waals surface area contributed by atoms with E-state index in [1.54, 1.807) is 4.31 Å². The molecule has 0 unspecified atom stereocenters. The second-order valence-corrected chi connectivity index (χ2v) is 9.83. The molecule has 0 spiro atoms. The van der Waals surface area contributed by atoms with Gasteiger partial charge in [0.05, 0.1) is 11.9 Å². The molecule has 3 heterocycles. The summed E-state index contributed by atoms with van der Waals surface area (Å²) in [5.41, 5.74) is 4.79. The molecule has 1 aliphatic heterocycles. The monoisotopic (exact) mass is 421 g/mol. The van der Waals surface area contributed by atoms with Gasteiger partial charge in [-0.15, -0.1) is 0 Å². The van der Waals surface area contributed by atoms with Gasteiger partial charge in [0.1, 0.15) is 0 Å². The summed E-state index contributed by atoms with van der Waals surface area (Å²) in [5.74, 6) is 0.112. The number of nitrogens with zero attached hydrogens (tertiary/aromatic N) is 5. The summed E-state index contributed by atoms with van der Waals surface area (Å²) < 4.78 is 27.3. The average Bonchev–Trinajstić information content (AvgIpc) is 3.01. The molecule has 0 aliphatic carbocycles. The molecule has 0 radical (unpaired) electrons. The first-order chi connectivity index (χ1) is 13.6. The standard InChI is InChI=1S/C20H31N5O3S/c1-6-24(29(5,27)28)17-9-11-23(12-10-17)20(26)8-7-18-15(3)21-19-13-14(2)22-25(19)16(18)4/h13,17H,6-12H2,1-5H3. The molecule has 0 saturated carbocycles. The van der Waals surface area contributed by atoms with E-state index in [9.17, 15) is 13.2 Å². The molecule has 1 saturated heterocycles. The smallest absolute Gasteiger partial charge is 0.222 e. The van der Waals surface area contributed by atoms with Gasteiger partial charge in [0.25, 0.3) is 0 Å². The number of rotatable bonds is 6. The minimum atomic E-state index is -3.21. The lowest BCUT2D eigenvalue weighted by molar-refractivity contribution is -0.132. The number of hydrogen-bond donors (Lipinski definition) is 0. The van der Waals surface area contributed by atoms with E-state index in [1.807, 2.05) is 43.2 Å². The number of sulfonamides is 1. The fraction of sp³-hybridized carbons (Fsp3) is 0.650. The van der Waals surface area contributed by atoms with E-state index < -0.39 is 10.0 Å². The highest BCUT2D eigenvalue weighted by molar-refractivity contribution is 7.88. The van der Waals surface area contributed by atoms with Crippen molar-refractivity contribution >= 4 is 21.6 Å². The quantitative estimate of drug-likeness (QED) is 0.710. The minimum Gasteiger partial charge on any atom is -0.343 e. The van der Waals surface area contributed by atoms with Crippen molar-refractivity contribution in [2.24, 2.45) is 0 Å². The van der Waals surface area contributed by atoms with E-state index in [0.717, 1.165) is 28.3 Å². The predicted molar refractivity (Wildman–Crippen MR) is 112 cm³/mol. The van der Waals surface area contributed by atoms with Crippen LogP contribution in [0, 0.1) is 20.8 Å². The maximum absolute atomic E-state index is 12.8. The van der Waals surface area contributed by atoms with Crippen LogP contribution in [-0.4, -0.2) is 70.1 Å². The molecule has 8 nitrogen and oxygen atoms in total. The number of likely N-dealkylation sites (tertiary alicyclic amines) is 1. The zero-order chi connectivity index (χ0) is 21.3. The third kappa shape index (κ3) is 4.61. The van der Waals surface area contributed by atoms with Crippen LogP contribution in [0.1, 0.15) is 48.8 Å². The zero-order valence-corrected chi connectivity index (χ0v) is 18.8. The lowest BCUT2D eigenvalue weighted by Gasteiger charge is -2.37. The lowest BCUT2D eigenvalue weighted by Crippen LogP contribution is -2.48. The number of carbonyl (C=O) groups excluding carboxylic acids is 1. The van der Waals surface area contributed by atoms with Gasteiger partial charge in [-0.25, -0.2) is 17.9 Å². The molecule has 3 rings (SSSR count). The van der Waals surface area contributed by atoms with E-state index in [2.05, 4.69) is 10.1 Å². The second-order valence-electron chi connectivity index (χ2n) is 7.90. The van der Waals surface area contributed by atoms with Crippen LogP contribution in [0.2, 0.25) is 0 Å². The Kier molecular flexibility index (Phi) is 6.28. The van der Waals surface area contributed by atoms with Crippen molar-refractivity contribution in [3.05, 3.63) is 28.7 Å². The number of aryl methyl sites for hydroxylation is 3. The van der Waals surface area contributed by atoms with E-state index in [1.165, 1.54) is 6.26 Å². The first-order valence-corrected chi connectivity index (χ1v) is 12.0. The van der Waals surface area contributed by atoms with Gasteiger partial charge in [-0.2, -0.15) is 9.40 Å². The molecule has 2 aromatic rings. The summed E-state index contributed by atoms with van der Waals surface area (Å²) in [6.45, 7) is 9.47. The van der Waals surface area contributed by atoms with Crippen molar-refractivity contribution in [2.45, 2.75) is 59.4 Å². The number of carbonyl (C=O) groups is 1. The summed E-state index contributed by atoms with van der Waals surface area (Å²) in [7, 11) is -3.21. The number of hydrogen-bond acceptors (Lipinski definition) is 5. The molecule has 160 valence electrons. The molecule has 9 heteroatoms. The molecule has 0 bridgehead atoms. The lowest BCUT2D eigenvalue weighted by atomic mass is 10.0. The van der Waals surface area contributed by atoms with Gasteiger partial charge >= 0.3 is 0 Å². The Morgan fingerprint density at radius 2 is 1.90 bits per heavy atom. The minimum absolute atomic E-state index is 0.0156. The van der Waals surface area contributed by atoms with Crippen molar-refractivity contribution in [3.63, 3.8) is 0 Å². The van der Waals surface area contributed by atoms with Gasteiger partial charge in [0.2, 0.25) is 15.9 Å². The van der Waals surface area contributed by atoms with Gasteiger partial charge in [-0.3, -0.25) is 4.79 Å². The van der Waals surface area contributed by atoms with Crippen molar-refractivity contribution in [1.29, 1.82) is 0 Å². The van der Waals surface area contributed by atoms with Gasteiger partial charge in [0.15, 0.2) is 5.65 Å². The topological polar surface area (TPSA) is 87.9 Å². The fourth-order valence-electron chi connectivity index (χ4n) is 4.36. The van der Waals surface area contributed by atoms with E-state index in [4.69, 9.17) is 0 Å².